The molecule has 0 heterocycles. The van der Waals surface area contributed by atoms with Crippen molar-refractivity contribution in [2.75, 3.05) is 0 Å². The quantitative estimate of drug-likeness (QED) is 0.157. The summed E-state index contributed by atoms with van der Waals surface area (Å²) in [6, 6.07) is 15.6. The van der Waals surface area contributed by atoms with E-state index in [1.54, 1.807) is 24.3 Å². The number of benzene rings is 2. The molecule has 0 unspecified atom stereocenters. The Morgan fingerprint density at radius 2 is 1.41 bits per heavy atom. The first-order valence-corrected chi connectivity index (χ1v) is 14.9. The van der Waals surface area contributed by atoms with Crippen LogP contribution in [0.25, 0.3) is 0 Å². The normalized spacial score (nSPS) is 18.2. The van der Waals surface area contributed by atoms with E-state index in [9.17, 15) is 9.59 Å². The summed E-state index contributed by atoms with van der Waals surface area (Å²) in [5.41, 5.74) is 0.895. The van der Waals surface area contributed by atoms with E-state index in [4.69, 9.17) is 9.47 Å². The van der Waals surface area contributed by atoms with Crippen LogP contribution in [0.2, 0.25) is 6.04 Å². The minimum Gasteiger partial charge on any atom is -0.459 e. The fraction of sp³-hybridized carbons (Fsp3) is 0.517. The second-order valence-corrected chi connectivity index (χ2v) is 11.9. The number of unbranched alkanes of at least 4 members (excludes halogenated alkanes) is 4. The minimum absolute atomic E-state index is 0.00669. The van der Waals surface area contributed by atoms with Crippen LogP contribution in [-0.4, -0.2) is 27.6 Å². The molecule has 0 radical (unpaired) electrons. The van der Waals surface area contributed by atoms with Crippen molar-refractivity contribution in [2.45, 2.75) is 90.2 Å². The second kappa shape index (κ2) is 14.1. The van der Waals surface area contributed by atoms with Gasteiger partial charge >= 0.3 is 11.9 Å². The molecule has 1 aliphatic carbocycles. The van der Waals surface area contributed by atoms with Crippen LogP contribution in [-0.2, 0) is 4.74 Å². The maximum Gasteiger partial charge on any atom is 0.343 e. The van der Waals surface area contributed by atoms with Crippen LogP contribution < -0.4 is 9.92 Å². The van der Waals surface area contributed by atoms with Crippen molar-refractivity contribution in [3.05, 3.63) is 59.7 Å². The molecule has 0 amide bonds. The number of hydrogen-bond acceptors (Lipinski definition) is 4. The highest BCUT2D eigenvalue weighted by atomic mass is 28.2. The van der Waals surface area contributed by atoms with Gasteiger partial charge in [-0.05, 0) is 68.0 Å². The van der Waals surface area contributed by atoms with Gasteiger partial charge in [-0.2, -0.15) is 0 Å². The lowest BCUT2D eigenvalue weighted by molar-refractivity contribution is 0.0160. The zero-order valence-corrected chi connectivity index (χ0v) is 22.3. The van der Waals surface area contributed by atoms with Gasteiger partial charge in [-0.1, -0.05) is 75.7 Å². The fourth-order valence-corrected chi connectivity index (χ4v) is 5.86. The number of rotatable bonds is 12. The van der Waals surface area contributed by atoms with E-state index >= 15 is 0 Å². The topological polar surface area (TPSA) is 52.6 Å². The summed E-state index contributed by atoms with van der Waals surface area (Å²) in [4.78, 5) is 25.0. The Hall–Kier alpha value is -2.40. The lowest BCUT2D eigenvalue weighted by Crippen LogP contribution is -2.24. The van der Waals surface area contributed by atoms with Crippen molar-refractivity contribution in [1.82, 2.24) is 0 Å². The highest BCUT2D eigenvalue weighted by Gasteiger charge is 2.24. The molecule has 0 saturated heterocycles. The van der Waals surface area contributed by atoms with E-state index in [2.05, 4.69) is 13.8 Å². The Morgan fingerprint density at radius 1 is 0.794 bits per heavy atom. The zero-order valence-electron chi connectivity index (χ0n) is 20.9. The van der Waals surface area contributed by atoms with E-state index in [0.717, 1.165) is 31.6 Å². The molecular weight excluding hydrogens is 440 g/mol. The summed E-state index contributed by atoms with van der Waals surface area (Å²) in [6.07, 6.45) is 12.2. The molecule has 1 saturated carbocycles. The highest BCUT2D eigenvalue weighted by molar-refractivity contribution is 6.53. The van der Waals surface area contributed by atoms with E-state index in [1.807, 2.05) is 24.3 Å². The van der Waals surface area contributed by atoms with Crippen molar-refractivity contribution < 1.29 is 19.1 Å². The van der Waals surface area contributed by atoms with E-state index < -0.39 is 5.97 Å². The Bertz CT molecular complexity index is 883. The summed E-state index contributed by atoms with van der Waals surface area (Å²) in [7, 11) is -0.211. The summed E-state index contributed by atoms with van der Waals surface area (Å²) < 4.78 is 11.2. The lowest BCUT2D eigenvalue weighted by atomic mass is 9.84. The first-order chi connectivity index (χ1) is 16.6. The summed E-state index contributed by atoms with van der Waals surface area (Å²) in [5.74, 6) is 0.595. The Kier molecular flexibility index (Phi) is 10.9. The van der Waals surface area contributed by atoms with Crippen LogP contribution in [0, 0.1) is 5.92 Å². The van der Waals surface area contributed by atoms with Crippen molar-refractivity contribution in [3.63, 3.8) is 0 Å². The van der Waals surface area contributed by atoms with Gasteiger partial charge in [-0.3, -0.25) is 0 Å². The fourth-order valence-electron chi connectivity index (χ4n) is 4.72. The predicted molar refractivity (Wildman–Crippen MR) is 141 cm³/mol. The van der Waals surface area contributed by atoms with Crippen molar-refractivity contribution in [3.8, 4) is 5.75 Å². The van der Waals surface area contributed by atoms with Crippen molar-refractivity contribution >= 4 is 26.6 Å². The number of ether oxygens (including phenoxy) is 2. The van der Waals surface area contributed by atoms with E-state index in [0.29, 0.717) is 16.9 Å². The summed E-state index contributed by atoms with van der Waals surface area (Å²) >= 11 is 0. The standard InChI is InChI=1S/C29H40O4Si/c1-3-5-6-7-8-9-22-10-16-25(17-11-22)32-28(30)23-12-14-24(15-13-23)29(31)33-26-18-20-27(21-19-26)34-4-2/h12-15,18-22,25H,3-11,16-17,34H2,1-2H3. The van der Waals surface area contributed by atoms with Crippen molar-refractivity contribution in [1.29, 1.82) is 0 Å². The van der Waals surface area contributed by atoms with Gasteiger partial charge in [-0.25, -0.2) is 9.59 Å². The molecule has 0 aliphatic heterocycles. The van der Waals surface area contributed by atoms with Gasteiger partial charge in [0.25, 0.3) is 0 Å². The first kappa shape index (κ1) is 26.2. The summed E-state index contributed by atoms with van der Waals surface area (Å²) in [5, 5.41) is 1.36. The van der Waals surface area contributed by atoms with E-state index in [1.165, 1.54) is 49.8 Å². The predicted octanol–water partition coefficient (Wildman–Crippen LogP) is 6.21. The first-order valence-electron chi connectivity index (χ1n) is 13.2. The molecular formula is C29H40O4Si. The van der Waals surface area contributed by atoms with E-state index in [-0.39, 0.29) is 21.6 Å². The van der Waals surface area contributed by atoms with Gasteiger partial charge in [0.05, 0.1) is 20.6 Å². The zero-order chi connectivity index (χ0) is 24.2. The van der Waals surface area contributed by atoms with Gasteiger partial charge < -0.3 is 9.47 Å². The molecule has 4 nitrogen and oxygen atoms in total. The maximum absolute atomic E-state index is 12.6. The molecule has 5 heteroatoms. The average molecular weight is 481 g/mol. The van der Waals surface area contributed by atoms with Crippen LogP contribution in [0.15, 0.2) is 48.5 Å². The minimum atomic E-state index is -0.423. The molecule has 1 fully saturated rings. The lowest BCUT2D eigenvalue weighted by Gasteiger charge is -2.28. The van der Waals surface area contributed by atoms with Gasteiger partial charge in [0.15, 0.2) is 0 Å². The molecule has 0 atom stereocenters. The number of carbonyl (C=O) groups is 2. The molecule has 2 aromatic carbocycles. The maximum atomic E-state index is 12.6. The third-order valence-electron chi connectivity index (χ3n) is 6.81. The molecule has 34 heavy (non-hydrogen) atoms. The molecule has 0 N–H and O–H groups in total. The van der Waals surface area contributed by atoms with Crippen LogP contribution in [0.4, 0.5) is 0 Å². The molecule has 2 aromatic rings. The highest BCUT2D eigenvalue weighted by Crippen LogP contribution is 2.30. The SMILES string of the molecule is CCCCCCCC1CCC(OC(=O)c2ccc(C(=O)Oc3ccc([SiH2]CC)cc3)cc2)CC1. The number of hydrogen-bond donors (Lipinski definition) is 0. The number of carbonyl (C=O) groups excluding carboxylic acids is 2. The van der Waals surface area contributed by atoms with Gasteiger partial charge in [-0.15, -0.1) is 0 Å². The number of esters is 2. The third kappa shape index (κ3) is 8.43. The molecule has 184 valence electrons. The van der Waals surface area contributed by atoms with Gasteiger partial charge in [0.2, 0.25) is 0 Å². The Labute approximate surface area is 207 Å². The Morgan fingerprint density at radius 3 is 2.03 bits per heavy atom. The smallest absolute Gasteiger partial charge is 0.343 e. The van der Waals surface area contributed by atoms with Crippen LogP contribution in [0.3, 0.4) is 0 Å². The second-order valence-electron chi connectivity index (χ2n) is 9.61. The monoisotopic (exact) mass is 480 g/mol. The van der Waals surface area contributed by atoms with Gasteiger partial charge in [0.1, 0.15) is 11.9 Å². The molecule has 1 aliphatic rings. The average Bonchev–Trinajstić information content (AvgIpc) is 2.86. The molecule has 0 spiro atoms. The Balaban J connectivity index is 1.41. The molecule has 3 rings (SSSR count). The van der Waals surface area contributed by atoms with Crippen LogP contribution in [0.1, 0.15) is 98.8 Å². The summed E-state index contributed by atoms with van der Waals surface area (Å²) in [6.45, 7) is 4.45. The molecule has 0 bridgehead atoms. The van der Waals surface area contributed by atoms with Crippen molar-refractivity contribution in [2.24, 2.45) is 5.92 Å². The van der Waals surface area contributed by atoms with Gasteiger partial charge in [0, 0.05) is 0 Å². The molecule has 0 aromatic heterocycles. The third-order valence-corrected chi connectivity index (χ3v) is 8.36. The van der Waals surface area contributed by atoms with Crippen LogP contribution >= 0.6 is 0 Å². The largest absolute Gasteiger partial charge is 0.459 e. The van der Waals surface area contributed by atoms with Crippen LogP contribution in [0.5, 0.6) is 5.75 Å².